The highest BCUT2D eigenvalue weighted by Gasteiger charge is 2.34. The van der Waals surface area contributed by atoms with Crippen LogP contribution in [0.4, 0.5) is 0 Å². The molecule has 1 aromatic rings. The number of benzene rings is 1. The lowest BCUT2D eigenvalue weighted by Crippen LogP contribution is -2.45. The Kier molecular flexibility index (Phi) is 5.84. The predicted molar refractivity (Wildman–Crippen MR) is 94.8 cm³/mol. The molecular formula is C19H24ClNO4. The van der Waals surface area contributed by atoms with Crippen LogP contribution in [-0.2, 0) is 9.59 Å². The second kappa shape index (κ2) is 8.09. The second-order valence-corrected chi connectivity index (χ2v) is 7.38. The number of likely N-dealkylation sites (tertiary alicyclic amines) is 1. The number of para-hydroxylation sites is 1. The van der Waals surface area contributed by atoms with Gasteiger partial charge in [-0.2, -0.15) is 0 Å². The lowest BCUT2D eigenvalue weighted by Gasteiger charge is -2.36. The van der Waals surface area contributed by atoms with E-state index in [1.165, 1.54) is 0 Å². The Hall–Kier alpha value is -1.75. The average molecular weight is 366 g/mol. The topological polar surface area (TPSA) is 66.8 Å². The maximum atomic E-state index is 12.7. The number of carbonyl (C=O) groups excluding carboxylic acids is 1. The number of carbonyl (C=O) groups is 2. The summed E-state index contributed by atoms with van der Waals surface area (Å²) in [6.45, 7) is 1.31. The molecule has 1 saturated heterocycles. The van der Waals surface area contributed by atoms with Crippen molar-refractivity contribution in [2.75, 3.05) is 13.1 Å². The molecule has 1 aromatic carbocycles. The minimum absolute atomic E-state index is 0.0575. The number of halogens is 1. The van der Waals surface area contributed by atoms with Gasteiger partial charge in [0.05, 0.1) is 10.9 Å². The predicted octanol–water partition coefficient (Wildman–Crippen LogP) is 3.60. The van der Waals surface area contributed by atoms with Gasteiger partial charge in [0.15, 0.2) is 0 Å². The molecule has 2 fully saturated rings. The molecule has 1 saturated carbocycles. The van der Waals surface area contributed by atoms with E-state index in [9.17, 15) is 14.7 Å². The standard InChI is InChI=1S/C19H24ClNO4/c20-16-6-1-2-7-17(16)25-15-8-10-21(11-9-15)18(22)13-4-3-5-14(12-13)19(23)24/h1-2,6-7,13-15H,3-5,8-12H2,(H,23,24). The van der Waals surface area contributed by atoms with Crippen LogP contribution in [0.1, 0.15) is 38.5 Å². The normalized spacial score (nSPS) is 24.8. The van der Waals surface area contributed by atoms with Crippen LogP contribution in [0.15, 0.2) is 24.3 Å². The molecule has 2 atom stereocenters. The van der Waals surface area contributed by atoms with E-state index in [2.05, 4.69) is 0 Å². The molecule has 1 heterocycles. The zero-order valence-electron chi connectivity index (χ0n) is 14.2. The van der Waals surface area contributed by atoms with Gasteiger partial charge >= 0.3 is 5.97 Å². The summed E-state index contributed by atoms with van der Waals surface area (Å²) < 4.78 is 5.96. The summed E-state index contributed by atoms with van der Waals surface area (Å²) in [5.41, 5.74) is 0. The number of aliphatic carboxylic acids is 1. The van der Waals surface area contributed by atoms with Crippen molar-refractivity contribution >= 4 is 23.5 Å². The molecule has 5 nitrogen and oxygen atoms in total. The van der Waals surface area contributed by atoms with Gasteiger partial charge in [-0.05, 0) is 31.4 Å². The fourth-order valence-electron chi connectivity index (χ4n) is 3.81. The van der Waals surface area contributed by atoms with Crippen molar-refractivity contribution < 1.29 is 19.4 Å². The van der Waals surface area contributed by atoms with E-state index < -0.39 is 5.97 Å². The third-order valence-corrected chi connectivity index (χ3v) is 5.57. The highest BCUT2D eigenvalue weighted by atomic mass is 35.5. The molecule has 0 bridgehead atoms. The van der Waals surface area contributed by atoms with Gasteiger partial charge in [-0.3, -0.25) is 9.59 Å². The van der Waals surface area contributed by atoms with Gasteiger partial charge in [-0.1, -0.05) is 30.2 Å². The molecule has 136 valence electrons. The first-order chi connectivity index (χ1) is 12.0. The molecule has 0 aromatic heterocycles. The van der Waals surface area contributed by atoms with Crippen LogP contribution in [0.3, 0.4) is 0 Å². The van der Waals surface area contributed by atoms with Crippen molar-refractivity contribution in [1.82, 2.24) is 4.90 Å². The summed E-state index contributed by atoms with van der Waals surface area (Å²) in [4.78, 5) is 25.8. The molecular weight excluding hydrogens is 342 g/mol. The number of hydrogen-bond donors (Lipinski definition) is 1. The number of amides is 1. The van der Waals surface area contributed by atoms with Gasteiger partial charge < -0.3 is 14.7 Å². The van der Waals surface area contributed by atoms with Crippen molar-refractivity contribution in [2.24, 2.45) is 11.8 Å². The first-order valence-electron chi connectivity index (χ1n) is 8.97. The molecule has 6 heteroatoms. The molecule has 1 aliphatic carbocycles. The molecule has 3 rings (SSSR count). The fraction of sp³-hybridized carbons (Fsp3) is 0.579. The molecule has 2 unspecified atom stereocenters. The maximum Gasteiger partial charge on any atom is 0.306 e. The number of nitrogens with zero attached hydrogens (tertiary/aromatic N) is 1. The molecule has 2 aliphatic rings. The van der Waals surface area contributed by atoms with E-state index in [1.807, 2.05) is 23.1 Å². The molecule has 1 amide bonds. The zero-order valence-corrected chi connectivity index (χ0v) is 15.0. The molecule has 25 heavy (non-hydrogen) atoms. The number of ether oxygens (including phenoxy) is 1. The summed E-state index contributed by atoms with van der Waals surface area (Å²) in [5, 5.41) is 9.79. The summed E-state index contributed by atoms with van der Waals surface area (Å²) in [5.74, 6) is -0.489. The Morgan fingerprint density at radius 2 is 1.76 bits per heavy atom. The largest absolute Gasteiger partial charge is 0.489 e. The van der Waals surface area contributed by atoms with Crippen LogP contribution in [0, 0.1) is 11.8 Å². The van der Waals surface area contributed by atoms with Crippen molar-refractivity contribution in [2.45, 2.75) is 44.6 Å². The second-order valence-electron chi connectivity index (χ2n) is 6.97. The van der Waals surface area contributed by atoms with Gasteiger partial charge in [0.25, 0.3) is 0 Å². The monoisotopic (exact) mass is 365 g/mol. The SMILES string of the molecule is O=C(O)C1CCCC(C(=O)N2CCC(Oc3ccccc3Cl)CC2)C1. The smallest absolute Gasteiger partial charge is 0.306 e. The fourth-order valence-corrected chi connectivity index (χ4v) is 3.99. The molecule has 1 aliphatic heterocycles. The minimum Gasteiger partial charge on any atom is -0.489 e. The van der Waals surface area contributed by atoms with Gasteiger partial charge in [0.1, 0.15) is 11.9 Å². The quantitative estimate of drug-likeness (QED) is 0.885. The Morgan fingerprint density at radius 1 is 1.08 bits per heavy atom. The maximum absolute atomic E-state index is 12.7. The van der Waals surface area contributed by atoms with E-state index in [1.54, 1.807) is 6.07 Å². The van der Waals surface area contributed by atoms with E-state index >= 15 is 0 Å². The van der Waals surface area contributed by atoms with Gasteiger partial charge in [-0.15, -0.1) is 0 Å². The van der Waals surface area contributed by atoms with Crippen LogP contribution in [-0.4, -0.2) is 41.1 Å². The van der Waals surface area contributed by atoms with Crippen molar-refractivity contribution in [3.05, 3.63) is 29.3 Å². The van der Waals surface area contributed by atoms with E-state index in [-0.39, 0.29) is 23.8 Å². The van der Waals surface area contributed by atoms with Gasteiger partial charge in [0.2, 0.25) is 5.91 Å². The van der Waals surface area contributed by atoms with Crippen molar-refractivity contribution in [3.8, 4) is 5.75 Å². The van der Waals surface area contributed by atoms with E-state index in [0.717, 1.165) is 25.7 Å². The Morgan fingerprint density at radius 3 is 2.44 bits per heavy atom. The Bertz CT molecular complexity index is 628. The summed E-state index contributed by atoms with van der Waals surface area (Å²) >= 11 is 6.13. The Balaban J connectivity index is 1.51. The zero-order chi connectivity index (χ0) is 17.8. The summed E-state index contributed by atoms with van der Waals surface area (Å²) in [6.07, 6.45) is 4.38. The van der Waals surface area contributed by atoms with Crippen molar-refractivity contribution in [1.29, 1.82) is 0 Å². The first-order valence-corrected chi connectivity index (χ1v) is 9.35. The average Bonchev–Trinajstić information content (AvgIpc) is 2.64. The van der Waals surface area contributed by atoms with Crippen LogP contribution < -0.4 is 4.74 Å². The highest BCUT2D eigenvalue weighted by Crippen LogP contribution is 2.32. The number of carboxylic acid groups (broad SMARTS) is 1. The Labute approximate surface area is 152 Å². The molecule has 0 spiro atoms. The van der Waals surface area contributed by atoms with Crippen molar-refractivity contribution in [3.63, 3.8) is 0 Å². The number of rotatable bonds is 4. The lowest BCUT2D eigenvalue weighted by atomic mass is 9.80. The summed E-state index contributed by atoms with van der Waals surface area (Å²) in [6, 6.07) is 7.41. The first kappa shape index (κ1) is 18.1. The number of hydrogen-bond acceptors (Lipinski definition) is 3. The van der Waals surface area contributed by atoms with Crippen LogP contribution in [0.2, 0.25) is 5.02 Å². The third-order valence-electron chi connectivity index (χ3n) is 5.26. The molecule has 0 radical (unpaired) electrons. The third kappa shape index (κ3) is 4.46. The van der Waals surface area contributed by atoms with Crippen LogP contribution in [0.25, 0.3) is 0 Å². The highest BCUT2D eigenvalue weighted by molar-refractivity contribution is 6.32. The summed E-state index contributed by atoms with van der Waals surface area (Å²) in [7, 11) is 0. The van der Waals surface area contributed by atoms with Gasteiger partial charge in [0, 0.05) is 31.8 Å². The van der Waals surface area contributed by atoms with Crippen LogP contribution >= 0.6 is 11.6 Å². The van der Waals surface area contributed by atoms with Gasteiger partial charge in [-0.25, -0.2) is 0 Å². The minimum atomic E-state index is -0.774. The lowest BCUT2D eigenvalue weighted by molar-refractivity contribution is -0.146. The number of piperidine rings is 1. The molecule has 1 N–H and O–H groups in total. The van der Waals surface area contributed by atoms with Crippen LogP contribution in [0.5, 0.6) is 5.75 Å². The van der Waals surface area contributed by atoms with E-state index in [4.69, 9.17) is 16.3 Å². The number of carboxylic acids is 1. The van der Waals surface area contributed by atoms with E-state index in [0.29, 0.717) is 36.7 Å².